The highest BCUT2D eigenvalue weighted by Crippen LogP contribution is 2.35. The van der Waals surface area contributed by atoms with Crippen LogP contribution in [0.1, 0.15) is 33.5 Å². The smallest absolute Gasteiger partial charge is 0.265 e. The van der Waals surface area contributed by atoms with Crippen molar-refractivity contribution in [3.05, 3.63) is 107 Å². The number of rotatable bonds is 5. The normalized spacial score (nSPS) is 14.2. The molecule has 0 radical (unpaired) electrons. The first kappa shape index (κ1) is 22.1. The van der Waals surface area contributed by atoms with Crippen LogP contribution in [-0.4, -0.2) is 21.6 Å². The first-order valence-electron chi connectivity index (χ1n) is 11.3. The zero-order valence-corrected chi connectivity index (χ0v) is 19.2. The Morgan fingerprint density at radius 1 is 0.914 bits per heavy atom. The maximum absolute atomic E-state index is 13.8. The summed E-state index contributed by atoms with van der Waals surface area (Å²) >= 11 is 0. The van der Waals surface area contributed by atoms with E-state index in [0.717, 1.165) is 16.7 Å². The van der Waals surface area contributed by atoms with Gasteiger partial charge in [-0.2, -0.15) is 10.4 Å². The third kappa shape index (κ3) is 4.16. The van der Waals surface area contributed by atoms with Gasteiger partial charge >= 0.3 is 0 Å². The molecule has 0 spiro atoms. The summed E-state index contributed by atoms with van der Waals surface area (Å²) in [7, 11) is 0. The lowest BCUT2D eigenvalue weighted by molar-refractivity contribution is -0.112. The molecule has 0 N–H and O–H groups in total. The van der Waals surface area contributed by atoms with Gasteiger partial charge in [0.15, 0.2) is 0 Å². The molecule has 0 saturated carbocycles. The maximum atomic E-state index is 13.8. The Balaban J connectivity index is 1.69. The minimum Gasteiger partial charge on any atom is -0.270 e. The minimum atomic E-state index is -0.386. The van der Waals surface area contributed by atoms with Gasteiger partial charge in [-0.05, 0) is 42.3 Å². The van der Waals surface area contributed by atoms with E-state index in [1.807, 2.05) is 67.7 Å². The van der Waals surface area contributed by atoms with Crippen LogP contribution in [0.2, 0.25) is 0 Å². The number of aryl methyl sites for hydroxylation is 2. The van der Waals surface area contributed by atoms with Crippen molar-refractivity contribution in [3.8, 4) is 17.3 Å². The summed E-state index contributed by atoms with van der Waals surface area (Å²) in [6.07, 6.45) is 3.97. The van der Waals surface area contributed by atoms with Gasteiger partial charge in [-0.1, -0.05) is 60.7 Å². The first-order chi connectivity index (χ1) is 17.1. The number of fused-ring (bicyclic) bond motifs is 1. The van der Waals surface area contributed by atoms with Crippen LogP contribution in [0.5, 0.6) is 0 Å². The topological polar surface area (TPSA) is 79.0 Å². The Morgan fingerprint density at radius 2 is 1.66 bits per heavy atom. The van der Waals surface area contributed by atoms with Gasteiger partial charge in [-0.3, -0.25) is 14.3 Å². The highest BCUT2D eigenvalue weighted by atomic mass is 16.2. The average Bonchev–Trinajstić information content (AvgIpc) is 3.28. The number of hydrogen-bond acceptors (Lipinski definition) is 4. The predicted octanol–water partition coefficient (Wildman–Crippen LogP) is 5.50. The molecule has 1 aromatic heterocycles. The largest absolute Gasteiger partial charge is 0.270 e. The molecule has 6 nitrogen and oxygen atoms in total. The van der Waals surface area contributed by atoms with Crippen molar-refractivity contribution in [1.29, 1.82) is 5.26 Å². The average molecular weight is 459 g/mol. The molecule has 1 aliphatic rings. The van der Waals surface area contributed by atoms with E-state index in [2.05, 4.69) is 6.07 Å². The molecular weight excluding hydrogens is 436 g/mol. The lowest BCUT2D eigenvalue weighted by atomic mass is 9.91. The molecule has 3 aromatic carbocycles. The van der Waals surface area contributed by atoms with Gasteiger partial charge in [-0.25, -0.2) is 4.90 Å². The Morgan fingerprint density at radius 3 is 2.40 bits per heavy atom. The fraction of sp³-hybridized carbons (Fsp3) is 0.103. The van der Waals surface area contributed by atoms with E-state index >= 15 is 0 Å². The highest BCUT2D eigenvalue weighted by Gasteiger charge is 2.36. The lowest BCUT2D eigenvalue weighted by Crippen LogP contribution is -2.41. The molecule has 2 heterocycles. The second-order valence-corrected chi connectivity index (χ2v) is 8.36. The zero-order chi connectivity index (χ0) is 24.4. The van der Waals surface area contributed by atoms with Crippen molar-refractivity contribution >= 4 is 29.2 Å². The van der Waals surface area contributed by atoms with Gasteiger partial charge in [0.25, 0.3) is 11.8 Å². The molecule has 5 rings (SSSR count). The molecular formula is C29H22N4O2. The second kappa shape index (κ2) is 9.24. The summed E-state index contributed by atoms with van der Waals surface area (Å²) in [5, 5.41) is 13.7. The number of nitrogens with zero attached hydrogens (tertiary/aromatic N) is 4. The van der Waals surface area contributed by atoms with Crippen LogP contribution < -0.4 is 4.90 Å². The number of nitriles is 1. The molecule has 170 valence electrons. The van der Waals surface area contributed by atoms with Crippen molar-refractivity contribution in [3.63, 3.8) is 0 Å². The number of carbonyl (C=O) groups is 2. The molecule has 4 aromatic rings. The van der Waals surface area contributed by atoms with Crippen LogP contribution in [0.25, 0.3) is 22.9 Å². The van der Waals surface area contributed by atoms with Gasteiger partial charge in [0, 0.05) is 28.5 Å². The lowest BCUT2D eigenvalue weighted by Gasteiger charge is -2.29. The van der Waals surface area contributed by atoms with Crippen molar-refractivity contribution in [1.82, 2.24) is 9.78 Å². The summed E-state index contributed by atoms with van der Waals surface area (Å²) in [6, 6.07) is 26.4. The van der Waals surface area contributed by atoms with E-state index < -0.39 is 0 Å². The molecule has 6 heteroatoms. The monoisotopic (exact) mass is 458 g/mol. The van der Waals surface area contributed by atoms with Crippen LogP contribution in [-0.2, 0) is 11.3 Å². The second-order valence-electron chi connectivity index (χ2n) is 8.36. The quantitative estimate of drug-likeness (QED) is 0.292. The standard InChI is InChI=1S/C29H22N4O2/c1-20-9-7-12-23(17-20)33-28(34)25-14-6-5-13-24(25)26(29(33)35)18-22-19-32(16-8-15-30)31-27(22)21-10-3-2-4-11-21/h2-7,9-14,17-19H,8,16H2,1H3/b26-18+. The molecule has 0 fully saturated rings. The van der Waals surface area contributed by atoms with Crippen LogP contribution in [0.15, 0.2) is 85.1 Å². The fourth-order valence-corrected chi connectivity index (χ4v) is 4.29. The molecule has 0 unspecified atom stereocenters. The van der Waals surface area contributed by atoms with Crippen LogP contribution in [0.4, 0.5) is 5.69 Å². The molecule has 0 saturated heterocycles. The number of benzene rings is 3. The SMILES string of the molecule is Cc1cccc(N2C(=O)/C(=C/c3cn(CCC#N)nc3-c3ccccc3)c3ccccc3C2=O)c1. The summed E-state index contributed by atoms with van der Waals surface area (Å²) < 4.78 is 1.72. The van der Waals surface area contributed by atoms with Gasteiger partial charge < -0.3 is 0 Å². The Kier molecular flexibility index (Phi) is 5.82. The third-order valence-corrected chi connectivity index (χ3v) is 5.93. The highest BCUT2D eigenvalue weighted by molar-refractivity contribution is 6.43. The summed E-state index contributed by atoms with van der Waals surface area (Å²) in [6.45, 7) is 2.37. The Hall–Kier alpha value is -4.76. The van der Waals surface area contributed by atoms with Crippen LogP contribution in [0, 0.1) is 18.3 Å². The van der Waals surface area contributed by atoms with Crippen molar-refractivity contribution < 1.29 is 9.59 Å². The number of amides is 2. The maximum Gasteiger partial charge on any atom is 0.265 e. The van der Waals surface area contributed by atoms with Crippen LogP contribution in [0.3, 0.4) is 0 Å². The van der Waals surface area contributed by atoms with Gasteiger partial charge in [0.2, 0.25) is 0 Å². The van der Waals surface area contributed by atoms with E-state index in [9.17, 15) is 9.59 Å². The number of aromatic nitrogens is 2. The Bertz CT molecular complexity index is 1510. The number of anilines is 1. The molecule has 0 bridgehead atoms. The van der Waals surface area contributed by atoms with E-state index in [-0.39, 0.29) is 11.8 Å². The van der Waals surface area contributed by atoms with Crippen LogP contribution >= 0.6 is 0 Å². The number of hydrogen-bond donors (Lipinski definition) is 0. The van der Waals surface area contributed by atoms with Gasteiger partial charge in [0.05, 0.1) is 30.4 Å². The fourth-order valence-electron chi connectivity index (χ4n) is 4.29. The molecule has 2 amide bonds. The third-order valence-electron chi connectivity index (χ3n) is 5.93. The first-order valence-corrected chi connectivity index (χ1v) is 11.3. The molecule has 1 aliphatic heterocycles. The van der Waals surface area contributed by atoms with Gasteiger partial charge in [-0.15, -0.1) is 0 Å². The zero-order valence-electron chi connectivity index (χ0n) is 19.2. The molecule has 0 aliphatic carbocycles. The van der Waals surface area contributed by atoms with E-state index in [4.69, 9.17) is 10.4 Å². The minimum absolute atomic E-state index is 0.323. The van der Waals surface area contributed by atoms with E-state index in [1.165, 1.54) is 4.90 Å². The Labute approximate surface area is 203 Å². The van der Waals surface area contributed by atoms with Crippen molar-refractivity contribution in [2.75, 3.05) is 4.90 Å². The summed E-state index contributed by atoms with van der Waals surface area (Å²) in [5.41, 5.74) is 5.32. The number of carbonyl (C=O) groups excluding carboxylic acids is 2. The predicted molar refractivity (Wildman–Crippen MR) is 135 cm³/mol. The van der Waals surface area contributed by atoms with Gasteiger partial charge in [0.1, 0.15) is 0 Å². The van der Waals surface area contributed by atoms with E-state index in [1.54, 1.807) is 35.0 Å². The molecule has 0 atom stereocenters. The summed E-state index contributed by atoms with van der Waals surface area (Å²) in [4.78, 5) is 28.4. The number of imide groups is 1. The van der Waals surface area contributed by atoms with E-state index in [0.29, 0.717) is 41.0 Å². The molecule has 35 heavy (non-hydrogen) atoms. The summed E-state index contributed by atoms with van der Waals surface area (Å²) in [5.74, 6) is -0.732. The van der Waals surface area contributed by atoms with Crippen molar-refractivity contribution in [2.24, 2.45) is 0 Å². The van der Waals surface area contributed by atoms with Crippen molar-refractivity contribution in [2.45, 2.75) is 19.9 Å².